The number of benzene rings is 2. The Hall–Kier alpha value is -2.84. The van der Waals surface area contributed by atoms with Crippen LogP contribution in [0.15, 0.2) is 53.4 Å². The predicted molar refractivity (Wildman–Crippen MR) is 110 cm³/mol. The predicted octanol–water partition coefficient (Wildman–Crippen LogP) is 3.33. The Labute approximate surface area is 170 Å². The van der Waals surface area contributed by atoms with Gasteiger partial charge in [0.1, 0.15) is 6.61 Å². The van der Waals surface area contributed by atoms with Crippen LogP contribution in [0.4, 0.5) is 0 Å². The molecule has 0 bridgehead atoms. The third-order valence-corrected chi connectivity index (χ3v) is 6.64. The van der Waals surface area contributed by atoms with Crippen LogP contribution in [0.5, 0.6) is 0 Å². The molecule has 152 valence electrons. The summed E-state index contributed by atoms with van der Waals surface area (Å²) >= 11 is 0. The van der Waals surface area contributed by atoms with Crippen molar-refractivity contribution in [2.75, 3.05) is 13.1 Å². The zero-order chi connectivity index (χ0) is 21.0. The molecule has 0 N–H and O–H groups in total. The minimum absolute atomic E-state index is 0.0461. The Kier molecular flexibility index (Phi) is 6.24. The fourth-order valence-corrected chi connectivity index (χ4v) is 4.48. The average molecular weight is 413 g/mol. The highest BCUT2D eigenvalue weighted by atomic mass is 32.2. The summed E-state index contributed by atoms with van der Waals surface area (Å²) in [7, 11) is -3.65. The van der Waals surface area contributed by atoms with E-state index >= 15 is 0 Å². The summed E-state index contributed by atoms with van der Waals surface area (Å²) in [6.07, 6.45) is 0. The number of ether oxygens (including phenoxy) is 1. The van der Waals surface area contributed by atoms with E-state index in [1.54, 1.807) is 20.8 Å². The standard InChI is InChI=1S/C21H23N3O4S/c1-4-24(5-2)29(26,27)17-10-8-9-16(13-17)21(25)28-14-20-15(3)22-18-11-6-7-12-19(18)23-20/h6-13H,4-5,14H2,1-3H3. The smallest absolute Gasteiger partial charge is 0.338 e. The Morgan fingerprint density at radius 2 is 1.66 bits per heavy atom. The molecular formula is C21H23N3O4S. The zero-order valence-corrected chi connectivity index (χ0v) is 17.4. The molecule has 0 spiro atoms. The summed E-state index contributed by atoms with van der Waals surface area (Å²) in [5.74, 6) is -0.615. The van der Waals surface area contributed by atoms with Crippen molar-refractivity contribution < 1.29 is 17.9 Å². The molecule has 0 aliphatic rings. The molecule has 0 fully saturated rings. The van der Waals surface area contributed by atoms with Crippen molar-refractivity contribution in [3.63, 3.8) is 0 Å². The van der Waals surface area contributed by atoms with Gasteiger partial charge in [0, 0.05) is 13.1 Å². The molecule has 8 heteroatoms. The summed E-state index contributed by atoms with van der Waals surface area (Å²) in [6, 6.07) is 13.3. The van der Waals surface area contributed by atoms with Gasteiger partial charge in [-0.15, -0.1) is 0 Å². The zero-order valence-electron chi connectivity index (χ0n) is 16.6. The van der Waals surface area contributed by atoms with Gasteiger partial charge in [-0.2, -0.15) is 4.31 Å². The van der Waals surface area contributed by atoms with Crippen molar-refractivity contribution in [3.05, 3.63) is 65.5 Å². The SMILES string of the molecule is CCN(CC)S(=O)(=O)c1cccc(C(=O)OCc2nc3ccccc3nc2C)c1. The van der Waals surface area contributed by atoms with Gasteiger partial charge in [-0.3, -0.25) is 0 Å². The number of aryl methyl sites for hydroxylation is 1. The van der Waals surface area contributed by atoms with Crippen molar-refractivity contribution in [2.24, 2.45) is 0 Å². The highest BCUT2D eigenvalue weighted by Gasteiger charge is 2.23. The summed E-state index contributed by atoms with van der Waals surface area (Å²) < 4.78 is 32.1. The molecule has 3 rings (SSSR count). The topological polar surface area (TPSA) is 89.5 Å². The Bertz CT molecular complexity index is 1140. The molecule has 0 unspecified atom stereocenters. The number of carbonyl (C=O) groups is 1. The Morgan fingerprint density at radius 3 is 2.31 bits per heavy atom. The number of para-hydroxylation sites is 2. The number of carbonyl (C=O) groups excluding carboxylic acids is 1. The number of hydrogen-bond acceptors (Lipinski definition) is 6. The molecule has 0 radical (unpaired) electrons. The third kappa shape index (κ3) is 4.44. The number of esters is 1. The van der Waals surface area contributed by atoms with Crippen LogP contribution in [0.2, 0.25) is 0 Å². The minimum Gasteiger partial charge on any atom is -0.456 e. The first-order chi connectivity index (χ1) is 13.9. The molecule has 0 saturated carbocycles. The lowest BCUT2D eigenvalue weighted by Crippen LogP contribution is -2.30. The third-order valence-electron chi connectivity index (χ3n) is 4.60. The van der Waals surface area contributed by atoms with Gasteiger partial charge in [-0.1, -0.05) is 32.0 Å². The fourth-order valence-electron chi connectivity index (χ4n) is 2.97. The molecule has 0 amide bonds. The Balaban J connectivity index is 1.79. The summed E-state index contributed by atoms with van der Waals surface area (Å²) in [5, 5.41) is 0. The molecular weight excluding hydrogens is 390 g/mol. The maximum absolute atomic E-state index is 12.7. The van der Waals surface area contributed by atoms with Gasteiger partial charge in [0.15, 0.2) is 0 Å². The van der Waals surface area contributed by atoms with E-state index in [2.05, 4.69) is 9.97 Å². The van der Waals surface area contributed by atoms with E-state index in [1.165, 1.54) is 28.6 Å². The van der Waals surface area contributed by atoms with E-state index < -0.39 is 16.0 Å². The minimum atomic E-state index is -3.65. The normalized spacial score (nSPS) is 11.7. The first-order valence-corrected chi connectivity index (χ1v) is 10.8. The van der Waals surface area contributed by atoms with E-state index in [9.17, 15) is 13.2 Å². The summed E-state index contributed by atoms with van der Waals surface area (Å²) in [6.45, 7) is 6.01. The van der Waals surface area contributed by atoms with Gasteiger partial charge in [0.25, 0.3) is 0 Å². The molecule has 0 saturated heterocycles. The Morgan fingerprint density at radius 1 is 1.00 bits per heavy atom. The first-order valence-electron chi connectivity index (χ1n) is 9.36. The van der Waals surface area contributed by atoms with Crippen LogP contribution < -0.4 is 0 Å². The second-order valence-corrected chi connectivity index (χ2v) is 8.38. The van der Waals surface area contributed by atoms with E-state index in [0.29, 0.717) is 24.5 Å². The van der Waals surface area contributed by atoms with Crippen molar-refractivity contribution >= 4 is 27.0 Å². The van der Waals surface area contributed by atoms with Crippen LogP contribution in [-0.2, 0) is 21.4 Å². The van der Waals surface area contributed by atoms with E-state index in [-0.39, 0.29) is 17.1 Å². The second-order valence-electron chi connectivity index (χ2n) is 6.44. The van der Waals surface area contributed by atoms with Crippen LogP contribution in [0.25, 0.3) is 11.0 Å². The number of nitrogens with zero attached hydrogens (tertiary/aromatic N) is 3. The highest BCUT2D eigenvalue weighted by Crippen LogP contribution is 2.18. The first kappa shape index (κ1) is 20.9. The van der Waals surface area contributed by atoms with Crippen molar-refractivity contribution in [2.45, 2.75) is 32.3 Å². The molecule has 2 aromatic carbocycles. The van der Waals surface area contributed by atoms with Crippen LogP contribution >= 0.6 is 0 Å². The van der Waals surface area contributed by atoms with Gasteiger partial charge in [0.05, 0.1) is 32.9 Å². The lowest BCUT2D eigenvalue weighted by Gasteiger charge is -2.18. The molecule has 0 atom stereocenters. The second kappa shape index (κ2) is 8.67. The number of hydrogen-bond donors (Lipinski definition) is 0. The van der Waals surface area contributed by atoms with Gasteiger partial charge in [-0.25, -0.2) is 23.2 Å². The molecule has 1 heterocycles. The quantitative estimate of drug-likeness (QED) is 0.552. The largest absolute Gasteiger partial charge is 0.456 e. The maximum atomic E-state index is 12.7. The molecule has 0 aliphatic heterocycles. The molecule has 7 nitrogen and oxygen atoms in total. The summed E-state index contributed by atoms with van der Waals surface area (Å²) in [5.41, 5.74) is 2.90. The number of aromatic nitrogens is 2. The van der Waals surface area contributed by atoms with Gasteiger partial charge in [0.2, 0.25) is 10.0 Å². The van der Waals surface area contributed by atoms with Crippen molar-refractivity contribution in [1.82, 2.24) is 14.3 Å². The number of sulfonamides is 1. The van der Waals surface area contributed by atoms with Gasteiger partial charge in [-0.05, 0) is 37.3 Å². The molecule has 29 heavy (non-hydrogen) atoms. The van der Waals surface area contributed by atoms with E-state index in [4.69, 9.17) is 4.74 Å². The highest BCUT2D eigenvalue weighted by molar-refractivity contribution is 7.89. The molecule has 1 aromatic heterocycles. The van der Waals surface area contributed by atoms with Crippen LogP contribution in [-0.4, -0.2) is 41.7 Å². The number of fused-ring (bicyclic) bond motifs is 1. The average Bonchev–Trinajstić information content (AvgIpc) is 2.72. The van der Waals surface area contributed by atoms with Gasteiger partial charge < -0.3 is 4.74 Å². The van der Waals surface area contributed by atoms with Crippen LogP contribution in [0, 0.1) is 6.92 Å². The van der Waals surface area contributed by atoms with Crippen LogP contribution in [0.3, 0.4) is 0 Å². The van der Waals surface area contributed by atoms with Crippen molar-refractivity contribution in [3.8, 4) is 0 Å². The summed E-state index contributed by atoms with van der Waals surface area (Å²) in [4.78, 5) is 21.5. The molecule has 3 aromatic rings. The number of rotatable bonds is 7. The van der Waals surface area contributed by atoms with Crippen molar-refractivity contribution in [1.29, 1.82) is 0 Å². The van der Waals surface area contributed by atoms with Crippen LogP contribution in [0.1, 0.15) is 35.6 Å². The lowest BCUT2D eigenvalue weighted by molar-refractivity contribution is 0.0466. The van der Waals surface area contributed by atoms with E-state index in [1.807, 2.05) is 24.3 Å². The lowest BCUT2D eigenvalue weighted by atomic mass is 10.2. The molecule has 0 aliphatic carbocycles. The van der Waals surface area contributed by atoms with E-state index in [0.717, 1.165) is 11.0 Å². The maximum Gasteiger partial charge on any atom is 0.338 e. The fraction of sp³-hybridized carbons (Fsp3) is 0.286. The monoisotopic (exact) mass is 413 g/mol. The van der Waals surface area contributed by atoms with Gasteiger partial charge >= 0.3 is 5.97 Å².